The molecular weight excluding hydrogens is 405 g/mol. The number of fused-ring (bicyclic) bond motifs is 1. The molecule has 0 aliphatic heterocycles. The molecule has 0 fully saturated rings. The summed E-state index contributed by atoms with van der Waals surface area (Å²) in [5, 5.41) is 19.3. The summed E-state index contributed by atoms with van der Waals surface area (Å²) in [6.07, 6.45) is -0.858. The standard InChI is InChI=1S/C20H15ClFNO6/c1-23-15-9-11(29-10-3-5-14(22)13(21)8-10)2-4-12(15)19(27)18(20(23)28)16(24)6-7-17(25)26/h2-5,8-9,27H,6-7H2,1H3,(H,25,26). The Bertz CT molecular complexity index is 1200. The van der Waals surface area contributed by atoms with E-state index in [1.807, 2.05) is 0 Å². The van der Waals surface area contributed by atoms with Gasteiger partial charge in [-0.2, -0.15) is 0 Å². The first-order chi connectivity index (χ1) is 13.7. The lowest BCUT2D eigenvalue weighted by molar-refractivity contribution is -0.136. The number of carboxylic acid groups (broad SMARTS) is 1. The van der Waals surface area contributed by atoms with E-state index in [4.69, 9.17) is 21.4 Å². The average Bonchev–Trinajstić information content (AvgIpc) is 2.67. The normalized spacial score (nSPS) is 10.9. The van der Waals surface area contributed by atoms with E-state index in [1.54, 1.807) is 0 Å². The van der Waals surface area contributed by atoms with E-state index in [0.29, 0.717) is 5.75 Å². The number of aryl methyl sites for hydroxylation is 1. The number of Topliss-reactive ketones (excluding diaryl/α,β-unsaturated/α-hetero) is 1. The second kappa shape index (κ2) is 7.92. The van der Waals surface area contributed by atoms with Crippen LogP contribution in [0.5, 0.6) is 17.2 Å². The molecular formula is C20H15ClFNO6. The van der Waals surface area contributed by atoms with Crippen LogP contribution in [0.25, 0.3) is 10.9 Å². The summed E-state index contributed by atoms with van der Waals surface area (Å²) in [4.78, 5) is 35.5. The number of carbonyl (C=O) groups is 2. The maximum Gasteiger partial charge on any atom is 0.303 e. The summed E-state index contributed by atoms with van der Waals surface area (Å²) >= 11 is 5.73. The molecule has 1 aromatic heterocycles. The van der Waals surface area contributed by atoms with E-state index in [2.05, 4.69) is 0 Å². The van der Waals surface area contributed by atoms with Crippen molar-refractivity contribution in [3.8, 4) is 17.2 Å². The van der Waals surface area contributed by atoms with E-state index < -0.39 is 47.3 Å². The fourth-order valence-corrected chi connectivity index (χ4v) is 3.01. The molecule has 0 aliphatic carbocycles. The van der Waals surface area contributed by atoms with Gasteiger partial charge >= 0.3 is 5.97 Å². The molecule has 9 heteroatoms. The zero-order valence-electron chi connectivity index (χ0n) is 15.1. The maximum atomic E-state index is 13.3. The minimum absolute atomic E-state index is 0.113. The molecule has 0 saturated heterocycles. The molecule has 0 amide bonds. The highest BCUT2D eigenvalue weighted by molar-refractivity contribution is 6.30. The van der Waals surface area contributed by atoms with Gasteiger partial charge in [0.25, 0.3) is 5.56 Å². The summed E-state index contributed by atoms with van der Waals surface area (Å²) in [7, 11) is 1.41. The predicted octanol–water partition coefficient (Wildman–Crippen LogP) is 3.88. The number of carboxylic acids is 1. The predicted molar refractivity (Wildman–Crippen MR) is 104 cm³/mol. The third kappa shape index (κ3) is 4.07. The van der Waals surface area contributed by atoms with Crippen molar-refractivity contribution in [1.29, 1.82) is 0 Å². The maximum absolute atomic E-state index is 13.3. The quantitative estimate of drug-likeness (QED) is 0.587. The van der Waals surface area contributed by atoms with Crippen molar-refractivity contribution in [1.82, 2.24) is 4.57 Å². The number of aromatic nitrogens is 1. The van der Waals surface area contributed by atoms with Crippen LogP contribution in [0.4, 0.5) is 4.39 Å². The van der Waals surface area contributed by atoms with Gasteiger partial charge in [0.05, 0.1) is 17.0 Å². The van der Waals surface area contributed by atoms with Crippen molar-refractivity contribution in [2.24, 2.45) is 7.05 Å². The molecule has 29 heavy (non-hydrogen) atoms. The molecule has 0 saturated carbocycles. The van der Waals surface area contributed by atoms with Crippen LogP contribution >= 0.6 is 11.6 Å². The molecule has 150 valence electrons. The van der Waals surface area contributed by atoms with Crippen LogP contribution in [0.1, 0.15) is 23.2 Å². The van der Waals surface area contributed by atoms with Crippen molar-refractivity contribution in [2.75, 3.05) is 0 Å². The van der Waals surface area contributed by atoms with Crippen LogP contribution in [-0.4, -0.2) is 26.5 Å². The lowest BCUT2D eigenvalue weighted by Gasteiger charge is -2.13. The van der Waals surface area contributed by atoms with Crippen LogP contribution in [0.3, 0.4) is 0 Å². The van der Waals surface area contributed by atoms with Crippen molar-refractivity contribution in [2.45, 2.75) is 12.8 Å². The van der Waals surface area contributed by atoms with E-state index >= 15 is 0 Å². The van der Waals surface area contributed by atoms with Gasteiger partial charge in [-0.3, -0.25) is 14.4 Å². The number of halogens is 2. The molecule has 0 atom stereocenters. The van der Waals surface area contributed by atoms with Gasteiger partial charge in [0.15, 0.2) is 5.78 Å². The molecule has 0 bridgehead atoms. The number of pyridine rings is 1. The summed E-state index contributed by atoms with van der Waals surface area (Å²) < 4.78 is 20.1. The van der Waals surface area contributed by atoms with Crippen molar-refractivity contribution in [3.63, 3.8) is 0 Å². The number of carbonyl (C=O) groups excluding carboxylic acids is 1. The Hall–Kier alpha value is -3.39. The number of rotatable bonds is 6. The van der Waals surface area contributed by atoms with Gasteiger partial charge in [-0.25, -0.2) is 4.39 Å². The molecule has 0 radical (unpaired) electrons. The monoisotopic (exact) mass is 419 g/mol. The highest BCUT2D eigenvalue weighted by atomic mass is 35.5. The number of aliphatic carboxylic acids is 1. The molecule has 7 nitrogen and oxygen atoms in total. The van der Waals surface area contributed by atoms with Gasteiger partial charge in [0.1, 0.15) is 28.6 Å². The largest absolute Gasteiger partial charge is 0.506 e. The Morgan fingerprint density at radius 3 is 2.45 bits per heavy atom. The lowest BCUT2D eigenvalue weighted by atomic mass is 10.0. The summed E-state index contributed by atoms with van der Waals surface area (Å²) in [5.41, 5.74) is -0.930. The van der Waals surface area contributed by atoms with E-state index in [0.717, 1.165) is 10.6 Å². The fraction of sp³-hybridized carbons (Fsp3) is 0.150. The van der Waals surface area contributed by atoms with Gasteiger partial charge in [-0.15, -0.1) is 0 Å². The summed E-state index contributed by atoms with van der Waals surface area (Å²) in [5.74, 6) is -2.49. The lowest BCUT2D eigenvalue weighted by Crippen LogP contribution is -2.25. The molecule has 3 rings (SSSR count). The summed E-state index contributed by atoms with van der Waals surface area (Å²) in [6.45, 7) is 0. The van der Waals surface area contributed by atoms with Crippen LogP contribution in [0.15, 0.2) is 41.2 Å². The van der Waals surface area contributed by atoms with Crippen LogP contribution in [-0.2, 0) is 11.8 Å². The van der Waals surface area contributed by atoms with E-state index in [-0.39, 0.29) is 21.7 Å². The molecule has 2 aromatic carbocycles. The SMILES string of the molecule is Cn1c(=O)c(C(=O)CCC(=O)O)c(O)c2ccc(Oc3ccc(F)c(Cl)c3)cc21. The van der Waals surface area contributed by atoms with Gasteiger partial charge in [0, 0.05) is 31.0 Å². The van der Waals surface area contributed by atoms with Crippen LogP contribution < -0.4 is 10.3 Å². The number of ether oxygens (including phenoxy) is 1. The molecule has 0 unspecified atom stereocenters. The Morgan fingerprint density at radius 1 is 1.14 bits per heavy atom. The van der Waals surface area contributed by atoms with Crippen molar-refractivity contribution in [3.05, 3.63) is 63.2 Å². The number of nitrogens with zero attached hydrogens (tertiary/aromatic N) is 1. The Morgan fingerprint density at radius 2 is 1.79 bits per heavy atom. The molecule has 1 heterocycles. The first-order valence-electron chi connectivity index (χ1n) is 8.42. The molecule has 2 N–H and O–H groups in total. The molecule has 3 aromatic rings. The number of aromatic hydroxyl groups is 1. The highest BCUT2D eigenvalue weighted by Crippen LogP contribution is 2.32. The van der Waals surface area contributed by atoms with Crippen LogP contribution in [0.2, 0.25) is 5.02 Å². The summed E-state index contributed by atoms with van der Waals surface area (Å²) in [6, 6.07) is 8.25. The Balaban J connectivity index is 2.03. The minimum atomic E-state index is -1.18. The number of hydrogen-bond donors (Lipinski definition) is 2. The Labute approximate surface area is 168 Å². The first kappa shape index (κ1) is 20.3. The van der Waals surface area contributed by atoms with Crippen LogP contribution in [0, 0.1) is 5.82 Å². The molecule has 0 aliphatic rings. The minimum Gasteiger partial charge on any atom is -0.506 e. The van der Waals surface area contributed by atoms with Gasteiger partial charge < -0.3 is 19.5 Å². The van der Waals surface area contributed by atoms with Crippen molar-refractivity contribution >= 4 is 34.3 Å². The molecule has 0 spiro atoms. The van der Waals surface area contributed by atoms with Crippen molar-refractivity contribution < 1.29 is 28.9 Å². The zero-order valence-corrected chi connectivity index (χ0v) is 15.9. The number of hydrogen-bond acceptors (Lipinski definition) is 5. The second-order valence-electron chi connectivity index (χ2n) is 6.26. The smallest absolute Gasteiger partial charge is 0.303 e. The highest BCUT2D eigenvalue weighted by Gasteiger charge is 2.22. The zero-order chi connectivity index (χ0) is 21.3. The fourth-order valence-electron chi connectivity index (χ4n) is 2.84. The van der Waals surface area contributed by atoms with Gasteiger partial charge in [-0.1, -0.05) is 11.6 Å². The second-order valence-corrected chi connectivity index (χ2v) is 6.67. The third-order valence-corrected chi connectivity index (χ3v) is 4.60. The van der Waals surface area contributed by atoms with Gasteiger partial charge in [-0.05, 0) is 24.3 Å². The third-order valence-electron chi connectivity index (χ3n) is 4.31. The van der Waals surface area contributed by atoms with E-state index in [9.17, 15) is 23.9 Å². The topological polar surface area (TPSA) is 106 Å². The average molecular weight is 420 g/mol. The number of ketones is 1. The van der Waals surface area contributed by atoms with E-state index in [1.165, 1.54) is 37.4 Å². The number of benzene rings is 2. The van der Waals surface area contributed by atoms with Gasteiger partial charge in [0.2, 0.25) is 0 Å². The first-order valence-corrected chi connectivity index (χ1v) is 8.80. The Kier molecular flexibility index (Phi) is 5.56.